The van der Waals surface area contributed by atoms with Gasteiger partial charge in [0.1, 0.15) is 6.61 Å². The van der Waals surface area contributed by atoms with Gasteiger partial charge in [-0.1, -0.05) is 41.9 Å². The molecule has 0 saturated carbocycles. The summed E-state index contributed by atoms with van der Waals surface area (Å²) in [5, 5.41) is 2.42. The summed E-state index contributed by atoms with van der Waals surface area (Å²) in [6.07, 6.45) is 0. The Hall–Kier alpha value is -2.63. The Bertz CT molecular complexity index is 924. The zero-order chi connectivity index (χ0) is 18.5. The summed E-state index contributed by atoms with van der Waals surface area (Å²) < 4.78 is 5.40. The average Bonchev–Trinajstić information content (AvgIpc) is 3.20. The minimum Gasteiger partial charge on any atom is -0.457 e. The first kappa shape index (κ1) is 18.2. The maximum absolute atomic E-state index is 12.6. The Morgan fingerprint density at radius 3 is 2.62 bits per heavy atom. The third kappa shape index (κ3) is 4.12. The lowest BCUT2D eigenvalue weighted by molar-refractivity contribution is 0.0473. The first-order chi connectivity index (χ1) is 12.6. The van der Waals surface area contributed by atoms with E-state index >= 15 is 0 Å². The van der Waals surface area contributed by atoms with Crippen molar-refractivity contribution in [3.05, 3.63) is 87.1 Å². The monoisotopic (exact) mass is 385 g/mol. The normalized spacial score (nSPS) is 10.4. The van der Waals surface area contributed by atoms with Crippen molar-refractivity contribution >= 4 is 40.5 Å². The van der Waals surface area contributed by atoms with E-state index in [0.717, 1.165) is 5.56 Å². The molecule has 1 heterocycles. The van der Waals surface area contributed by atoms with Gasteiger partial charge in [0.2, 0.25) is 0 Å². The Balaban J connectivity index is 1.78. The van der Waals surface area contributed by atoms with E-state index in [-0.39, 0.29) is 12.5 Å². The molecule has 3 aromatic rings. The molecule has 3 rings (SSSR count). The Labute approximate surface area is 160 Å². The molecule has 0 aliphatic carbocycles. The Morgan fingerprint density at radius 1 is 1.08 bits per heavy atom. The smallest absolute Gasteiger partial charge is 0.340 e. The van der Waals surface area contributed by atoms with Crippen LogP contribution in [0.25, 0.3) is 0 Å². The molecule has 0 atom stereocenters. The van der Waals surface area contributed by atoms with Crippen molar-refractivity contribution in [1.29, 1.82) is 0 Å². The number of anilines is 1. The fourth-order valence-corrected chi connectivity index (χ4v) is 3.38. The molecular formula is C20H16ClNO3S. The fourth-order valence-electron chi connectivity index (χ4n) is 2.47. The number of para-hydroxylation sites is 1. The van der Waals surface area contributed by atoms with Crippen LogP contribution in [0.1, 0.15) is 25.6 Å². The molecule has 0 fully saturated rings. The highest BCUT2D eigenvalue weighted by atomic mass is 35.5. The van der Waals surface area contributed by atoms with E-state index in [1.54, 1.807) is 55.6 Å². The second kappa shape index (κ2) is 8.17. The lowest BCUT2D eigenvalue weighted by Gasteiger charge is -2.19. The zero-order valence-electron chi connectivity index (χ0n) is 14.0. The van der Waals surface area contributed by atoms with E-state index in [9.17, 15) is 9.59 Å². The number of esters is 1. The van der Waals surface area contributed by atoms with Crippen LogP contribution in [0.3, 0.4) is 0 Å². The Morgan fingerprint density at radius 2 is 1.88 bits per heavy atom. The van der Waals surface area contributed by atoms with Crippen LogP contribution in [-0.2, 0) is 11.3 Å². The van der Waals surface area contributed by atoms with E-state index in [1.807, 2.05) is 17.5 Å². The minimum absolute atomic E-state index is 0.107. The number of halogens is 1. The van der Waals surface area contributed by atoms with E-state index in [4.69, 9.17) is 16.3 Å². The molecule has 0 saturated heterocycles. The molecule has 26 heavy (non-hydrogen) atoms. The van der Waals surface area contributed by atoms with Crippen molar-refractivity contribution in [2.24, 2.45) is 0 Å². The topological polar surface area (TPSA) is 46.6 Å². The van der Waals surface area contributed by atoms with Crippen molar-refractivity contribution < 1.29 is 14.3 Å². The second-order valence-corrected chi connectivity index (χ2v) is 6.95. The summed E-state index contributed by atoms with van der Waals surface area (Å²) in [6, 6.07) is 17.6. The van der Waals surface area contributed by atoms with Gasteiger partial charge in [0.25, 0.3) is 5.91 Å². The van der Waals surface area contributed by atoms with Crippen LogP contribution in [0.5, 0.6) is 0 Å². The number of carbonyl (C=O) groups is 2. The van der Waals surface area contributed by atoms with Gasteiger partial charge in [-0.3, -0.25) is 4.79 Å². The Kier molecular flexibility index (Phi) is 5.71. The van der Waals surface area contributed by atoms with Crippen LogP contribution in [0.15, 0.2) is 66.0 Å². The summed E-state index contributed by atoms with van der Waals surface area (Å²) >= 11 is 7.30. The number of nitrogens with zero attached hydrogens (tertiary/aromatic N) is 1. The molecule has 4 nitrogen and oxygen atoms in total. The van der Waals surface area contributed by atoms with Gasteiger partial charge >= 0.3 is 5.97 Å². The molecule has 1 amide bonds. The summed E-state index contributed by atoms with van der Waals surface area (Å²) in [7, 11) is 1.64. The molecule has 0 aliphatic rings. The maximum atomic E-state index is 12.6. The van der Waals surface area contributed by atoms with Gasteiger partial charge in [0.05, 0.1) is 16.1 Å². The minimum atomic E-state index is -0.494. The van der Waals surface area contributed by atoms with Gasteiger partial charge in [-0.05, 0) is 41.3 Å². The number of carbonyl (C=O) groups excluding carboxylic acids is 2. The lowest BCUT2D eigenvalue weighted by Crippen LogP contribution is -2.27. The van der Waals surface area contributed by atoms with Crippen LogP contribution in [0.4, 0.5) is 5.69 Å². The molecule has 2 aromatic carbocycles. The summed E-state index contributed by atoms with van der Waals surface area (Å²) in [5.74, 6) is -0.665. The number of thiophene rings is 1. The van der Waals surface area contributed by atoms with E-state index in [2.05, 4.69) is 0 Å². The van der Waals surface area contributed by atoms with Crippen molar-refractivity contribution in [2.75, 3.05) is 11.9 Å². The largest absolute Gasteiger partial charge is 0.457 e. The van der Waals surface area contributed by atoms with E-state index < -0.39 is 5.97 Å². The van der Waals surface area contributed by atoms with Crippen LogP contribution < -0.4 is 4.90 Å². The number of hydrogen-bond donors (Lipinski definition) is 0. The van der Waals surface area contributed by atoms with Crippen LogP contribution in [-0.4, -0.2) is 18.9 Å². The summed E-state index contributed by atoms with van der Waals surface area (Å²) in [5.41, 5.74) is 1.63. The number of amides is 1. The molecule has 6 heteroatoms. The molecule has 0 unspecified atom stereocenters. The third-order valence-electron chi connectivity index (χ3n) is 3.78. The zero-order valence-corrected chi connectivity index (χ0v) is 15.6. The van der Waals surface area contributed by atoms with Crippen LogP contribution in [0.2, 0.25) is 5.02 Å². The number of benzene rings is 2. The fraction of sp³-hybridized carbons (Fsp3) is 0.100. The molecule has 0 aliphatic heterocycles. The van der Waals surface area contributed by atoms with Crippen molar-refractivity contribution in [3.63, 3.8) is 0 Å². The number of ether oxygens (including phenoxy) is 1. The van der Waals surface area contributed by atoms with Crippen molar-refractivity contribution in [3.8, 4) is 0 Å². The summed E-state index contributed by atoms with van der Waals surface area (Å²) in [6.45, 7) is 0.107. The van der Waals surface area contributed by atoms with E-state index in [0.29, 0.717) is 21.2 Å². The highest BCUT2D eigenvalue weighted by Gasteiger charge is 2.21. The summed E-state index contributed by atoms with van der Waals surface area (Å²) in [4.78, 5) is 27.2. The van der Waals surface area contributed by atoms with Crippen LogP contribution in [0, 0.1) is 0 Å². The molecular weight excluding hydrogens is 370 g/mol. The highest BCUT2D eigenvalue weighted by Crippen LogP contribution is 2.24. The molecule has 0 bridgehead atoms. The SMILES string of the molecule is CN(C(=O)c1cccs1)c1ccccc1C(=O)OCc1cccc(Cl)c1. The predicted octanol–water partition coefficient (Wildman–Crippen LogP) is 5.04. The number of rotatable bonds is 5. The van der Waals surface area contributed by atoms with Gasteiger partial charge in [-0.15, -0.1) is 11.3 Å². The van der Waals surface area contributed by atoms with Gasteiger partial charge in [-0.2, -0.15) is 0 Å². The van der Waals surface area contributed by atoms with E-state index in [1.165, 1.54) is 16.2 Å². The highest BCUT2D eigenvalue weighted by molar-refractivity contribution is 7.12. The van der Waals surface area contributed by atoms with Crippen LogP contribution >= 0.6 is 22.9 Å². The second-order valence-electron chi connectivity index (χ2n) is 5.56. The average molecular weight is 386 g/mol. The maximum Gasteiger partial charge on any atom is 0.340 e. The number of hydrogen-bond acceptors (Lipinski definition) is 4. The molecule has 0 radical (unpaired) electrons. The molecule has 1 aromatic heterocycles. The third-order valence-corrected chi connectivity index (χ3v) is 4.87. The predicted molar refractivity (Wildman–Crippen MR) is 104 cm³/mol. The molecule has 132 valence electrons. The van der Waals surface area contributed by atoms with Gasteiger partial charge in [0.15, 0.2) is 0 Å². The standard InChI is InChI=1S/C20H16ClNO3S/c1-22(19(23)18-10-5-11-26-18)17-9-3-2-8-16(17)20(24)25-13-14-6-4-7-15(21)12-14/h2-12H,13H2,1H3. The van der Waals surface area contributed by atoms with Gasteiger partial charge < -0.3 is 9.64 Å². The molecule has 0 N–H and O–H groups in total. The first-order valence-electron chi connectivity index (χ1n) is 7.88. The molecule has 0 spiro atoms. The first-order valence-corrected chi connectivity index (χ1v) is 9.14. The van der Waals surface area contributed by atoms with Gasteiger partial charge in [-0.25, -0.2) is 4.79 Å². The quantitative estimate of drug-likeness (QED) is 0.578. The van der Waals surface area contributed by atoms with Crippen molar-refractivity contribution in [2.45, 2.75) is 6.61 Å². The van der Waals surface area contributed by atoms with Gasteiger partial charge in [0, 0.05) is 12.1 Å². The van der Waals surface area contributed by atoms with Crippen molar-refractivity contribution in [1.82, 2.24) is 0 Å². The lowest BCUT2D eigenvalue weighted by atomic mass is 10.1.